The Bertz CT molecular complexity index is 1250. The number of nitrogens with zero attached hydrogens (tertiary/aromatic N) is 2. The van der Waals surface area contributed by atoms with Gasteiger partial charge < -0.3 is 10.5 Å². The normalized spacial score (nSPS) is 24.2. The minimum Gasteiger partial charge on any atom is -0.404 e. The number of nitrogens with two attached hydrogens (primary N) is 1. The molecule has 32 heavy (non-hydrogen) atoms. The van der Waals surface area contributed by atoms with E-state index in [0.29, 0.717) is 23.4 Å². The summed E-state index contributed by atoms with van der Waals surface area (Å²) in [4.78, 5) is 17.1. The van der Waals surface area contributed by atoms with Gasteiger partial charge in [-0.05, 0) is 79.6 Å². The average Bonchev–Trinajstić information content (AvgIpc) is 2.79. The van der Waals surface area contributed by atoms with Crippen molar-refractivity contribution in [1.82, 2.24) is 4.31 Å². The first kappa shape index (κ1) is 22.1. The van der Waals surface area contributed by atoms with Gasteiger partial charge in [-0.2, -0.15) is 4.31 Å². The third-order valence-corrected chi connectivity index (χ3v) is 7.85. The number of aliphatic imine (C=N–C) groups is 1. The predicted molar refractivity (Wildman–Crippen MR) is 122 cm³/mol. The number of hydrogen-bond acceptors (Lipinski definition) is 5. The molecule has 0 unspecified atom stereocenters. The zero-order valence-corrected chi connectivity index (χ0v) is 18.5. The Hall–Kier alpha value is -3.10. The van der Waals surface area contributed by atoms with Crippen LogP contribution in [0.25, 0.3) is 0 Å². The number of sulfonamides is 1. The van der Waals surface area contributed by atoms with Crippen LogP contribution < -0.4 is 5.73 Å². The molecule has 1 fully saturated rings. The number of aldehydes is 1. The largest absolute Gasteiger partial charge is 0.404 e. The Morgan fingerprint density at radius 2 is 1.94 bits per heavy atom. The van der Waals surface area contributed by atoms with Crippen LogP contribution >= 0.6 is 0 Å². The van der Waals surface area contributed by atoms with Crippen LogP contribution in [0.2, 0.25) is 0 Å². The Kier molecular flexibility index (Phi) is 5.83. The number of fused-ring (bicyclic) bond motifs is 1. The summed E-state index contributed by atoms with van der Waals surface area (Å²) >= 11 is 0. The van der Waals surface area contributed by atoms with Crippen LogP contribution in [0.15, 0.2) is 81.8 Å². The summed E-state index contributed by atoms with van der Waals surface area (Å²) in [6.07, 6.45) is 4.70. The first-order valence-electron chi connectivity index (χ1n) is 10.3. The highest BCUT2D eigenvalue weighted by molar-refractivity contribution is 7.89. The van der Waals surface area contributed by atoms with Crippen molar-refractivity contribution < 1.29 is 17.6 Å². The Labute approximate surface area is 187 Å². The van der Waals surface area contributed by atoms with Crippen molar-refractivity contribution in [3.8, 4) is 0 Å². The van der Waals surface area contributed by atoms with Gasteiger partial charge in [-0.3, -0.25) is 0 Å². The molecule has 2 N–H and O–H groups in total. The standard InChI is InChI=1S/C24H24FN3O3S/c1-17-3-2-4-22(11-17)32(30,31)28-10-9-19-12-23(27-21-7-5-20(25)6-8-21)18(14-26)13-24(19,15-28)16-29/h2-8,11-12,14,16H,9-10,13,15,26H2,1H3/b18-14-,27-23?/t24-/m1/s1. The third kappa shape index (κ3) is 4.03. The van der Waals surface area contributed by atoms with Gasteiger partial charge in [-0.1, -0.05) is 17.7 Å². The molecule has 0 amide bonds. The fourth-order valence-electron chi connectivity index (χ4n) is 4.25. The Balaban J connectivity index is 1.70. The molecular formula is C24H24FN3O3S. The van der Waals surface area contributed by atoms with E-state index in [2.05, 4.69) is 4.99 Å². The molecule has 1 aliphatic heterocycles. The molecule has 2 aromatic carbocycles. The van der Waals surface area contributed by atoms with E-state index in [4.69, 9.17) is 5.73 Å². The van der Waals surface area contributed by atoms with Crippen molar-refractivity contribution in [1.29, 1.82) is 0 Å². The van der Waals surface area contributed by atoms with Crippen LogP contribution in [0.1, 0.15) is 18.4 Å². The highest BCUT2D eigenvalue weighted by atomic mass is 32.2. The van der Waals surface area contributed by atoms with Crippen molar-refractivity contribution in [2.75, 3.05) is 13.1 Å². The molecule has 2 aromatic rings. The number of hydrogen-bond donors (Lipinski definition) is 1. The summed E-state index contributed by atoms with van der Waals surface area (Å²) in [6, 6.07) is 12.5. The van der Waals surface area contributed by atoms with Crippen LogP contribution in [-0.4, -0.2) is 37.8 Å². The number of allylic oxidation sites excluding steroid dienone is 2. The molecule has 166 valence electrons. The summed E-state index contributed by atoms with van der Waals surface area (Å²) in [7, 11) is -3.74. The zero-order valence-electron chi connectivity index (χ0n) is 17.7. The van der Waals surface area contributed by atoms with Gasteiger partial charge in [0, 0.05) is 13.1 Å². The van der Waals surface area contributed by atoms with Crippen LogP contribution in [0.3, 0.4) is 0 Å². The maximum atomic E-state index is 13.3. The van der Waals surface area contributed by atoms with Crippen LogP contribution in [-0.2, 0) is 14.8 Å². The second-order valence-corrected chi connectivity index (χ2v) is 10.1. The summed E-state index contributed by atoms with van der Waals surface area (Å²) in [5.41, 5.74) is 8.34. The first-order chi connectivity index (χ1) is 15.3. The van der Waals surface area contributed by atoms with Crippen LogP contribution in [0.4, 0.5) is 10.1 Å². The molecule has 1 atom stereocenters. The van der Waals surface area contributed by atoms with Gasteiger partial charge >= 0.3 is 0 Å². The molecule has 0 bridgehead atoms. The smallest absolute Gasteiger partial charge is 0.243 e. The molecule has 6 nitrogen and oxygen atoms in total. The van der Waals surface area contributed by atoms with Gasteiger partial charge in [0.05, 0.1) is 21.7 Å². The number of aryl methyl sites for hydroxylation is 1. The maximum Gasteiger partial charge on any atom is 0.243 e. The summed E-state index contributed by atoms with van der Waals surface area (Å²) < 4.78 is 41.1. The van der Waals surface area contributed by atoms with Crippen LogP contribution in [0, 0.1) is 18.2 Å². The van der Waals surface area contributed by atoms with E-state index in [1.54, 1.807) is 30.3 Å². The topological polar surface area (TPSA) is 92.8 Å². The minimum absolute atomic E-state index is 0.0414. The summed E-state index contributed by atoms with van der Waals surface area (Å²) in [6.45, 7) is 2.15. The Morgan fingerprint density at radius 3 is 2.59 bits per heavy atom. The molecule has 0 radical (unpaired) electrons. The van der Waals surface area contributed by atoms with Gasteiger partial charge in [0.2, 0.25) is 10.0 Å². The van der Waals surface area contributed by atoms with Crippen molar-refractivity contribution in [3.63, 3.8) is 0 Å². The van der Waals surface area contributed by atoms with Gasteiger partial charge in [-0.15, -0.1) is 0 Å². The van der Waals surface area contributed by atoms with Crippen molar-refractivity contribution in [2.45, 2.75) is 24.7 Å². The summed E-state index contributed by atoms with van der Waals surface area (Å²) in [5.74, 6) is -0.354. The zero-order chi connectivity index (χ0) is 22.9. The number of carbonyl (C=O) groups excluding carboxylic acids is 1. The van der Waals surface area contributed by atoms with E-state index in [0.717, 1.165) is 17.4 Å². The molecule has 2 aliphatic rings. The molecule has 0 aromatic heterocycles. The molecule has 0 spiro atoms. The fraction of sp³-hybridized carbons (Fsp3) is 0.250. The highest BCUT2D eigenvalue weighted by Crippen LogP contribution is 2.44. The van der Waals surface area contributed by atoms with E-state index in [-0.39, 0.29) is 30.2 Å². The van der Waals surface area contributed by atoms with Gasteiger partial charge in [-0.25, -0.2) is 17.8 Å². The quantitative estimate of drug-likeness (QED) is 0.715. The predicted octanol–water partition coefficient (Wildman–Crippen LogP) is 3.66. The van der Waals surface area contributed by atoms with Gasteiger partial charge in [0.1, 0.15) is 12.1 Å². The Morgan fingerprint density at radius 1 is 1.19 bits per heavy atom. The van der Waals surface area contributed by atoms with Gasteiger partial charge in [0.15, 0.2) is 0 Å². The average molecular weight is 454 g/mol. The van der Waals surface area contributed by atoms with E-state index in [1.165, 1.54) is 22.6 Å². The lowest BCUT2D eigenvalue weighted by Crippen LogP contribution is -2.50. The third-order valence-electron chi connectivity index (χ3n) is 6.00. The SMILES string of the molecule is Cc1cccc(S(=O)(=O)N2CCC3=CC(=Nc4ccc(F)cc4)/C(=C\N)C[C@]3(C=O)C2)c1. The minimum atomic E-state index is -3.74. The monoisotopic (exact) mass is 453 g/mol. The lowest BCUT2D eigenvalue weighted by molar-refractivity contribution is -0.115. The fourth-order valence-corrected chi connectivity index (χ4v) is 5.87. The van der Waals surface area contributed by atoms with Crippen LogP contribution in [0.5, 0.6) is 0 Å². The lowest BCUT2D eigenvalue weighted by atomic mass is 9.68. The molecule has 8 heteroatoms. The van der Waals surface area contributed by atoms with Crippen molar-refractivity contribution >= 4 is 27.7 Å². The van der Waals surface area contributed by atoms with E-state index < -0.39 is 15.4 Å². The number of rotatable bonds is 4. The number of piperidine rings is 1. The van der Waals surface area contributed by atoms with E-state index >= 15 is 0 Å². The lowest BCUT2D eigenvalue weighted by Gasteiger charge is -2.43. The molecular weight excluding hydrogens is 429 g/mol. The molecule has 1 heterocycles. The van der Waals surface area contributed by atoms with Crippen molar-refractivity contribution in [2.24, 2.45) is 16.1 Å². The van der Waals surface area contributed by atoms with E-state index in [1.807, 2.05) is 19.1 Å². The number of halogens is 1. The first-order valence-corrected chi connectivity index (χ1v) is 11.7. The molecule has 4 rings (SSSR count). The molecule has 1 saturated heterocycles. The number of benzene rings is 2. The van der Waals surface area contributed by atoms with Gasteiger partial charge in [0.25, 0.3) is 0 Å². The highest BCUT2D eigenvalue weighted by Gasteiger charge is 2.46. The van der Waals surface area contributed by atoms with E-state index in [9.17, 15) is 17.6 Å². The maximum absolute atomic E-state index is 13.3. The molecule has 1 aliphatic carbocycles. The number of carbonyl (C=O) groups is 1. The van der Waals surface area contributed by atoms with Crippen molar-refractivity contribution in [3.05, 3.63) is 83.3 Å². The second-order valence-electron chi connectivity index (χ2n) is 8.19. The second kappa shape index (κ2) is 8.44. The summed E-state index contributed by atoms with van der Waals surface area (Å²) in [5, 5.41) is 0. The molecule has 0 saturated carbocycles.